The van der Waals surface area contributed by atoms with Crippen molar-refractivity contribution in [2.75, 3.05) is 13.2 Å². The number of hydrogen-bond acceptors (Lipinski definition) is 9. The number of nitrogens with one attached hydrogen (secondary N) is 1. The summed E-state index contributed by atoms with van der Waals surface area (Å²) in [6, 6.07) is -0.887. The van der Waals surface area contributed by atoms with Crippen molar-refractivity contribution >= 4 is 5.91 Å². The molecule has 0 bridgehead atoms. The number of hydrogen-bond donors (Lipinski definition) is 7. The Morgan fingerprint density at radius 3 is 1.22 bits per heavy atom. The van der Waals surface area contributed by atoms with Gasteiger partial charge in [0.1, 0.15) is 30.5 Å². The normalized spacial score (nSPS) is 21.3. The molecule has 1 saturated heterocycles. The Kier molecular flexibility index (Phi) is 37.1. The van der Waals surface area contributed by atoms with Gasteiger partial charge in [0.15, 0.2) is 6.29 Å². The molecule has 0 spiro atoms. The van der Waals surface area contributed by atoms with E-state index in [1.54, 1.807) is 0 Å². The molecule has 8 atom stereocenters. The molecule has 1 aliphatic heterocycles. The van der Waals surface area contributed by atoms with Crippen LogP contribution in [0, 0.1) is 0 Å². The van der Waals surface area contributed by atoms with Crippen LogP contribution in [0.2, 0.25) is 0 Å². The van der Waals surface area contributed by atoms with Crippen LogP contribution in [0.1, 0.15) is 239 Å². The highest BCUT2D eigenvalue weighted by Crippen LogP contribution is 2.23. The first kappa shape index (κ1) is 55.2. The van der Waals surface area contributed by atoms with Crippen molar-refractivity contribution in [2.24, 2.45) is 0 Å². The van der Waals surface area contributed by atoms with Gasteiger partial charge in [-0.25, -0.2) is 0 Å². The summed E-state index contributed by atoms with van der Waals surface area (Å²) in [4.78, 5) is 13.1. The van der Waals surface area contributed by atoms with Gasteiger partial charge in [0.25, 0.3) is 0 Å². The van der Waals surface area contributed by atoms with Gasteiger partial charge in [0.05, 0.1) is 25.4 Å². The molecule has 1 fully saturated rings. The lowest BCUT2D eigenvalue weighted by Crippen LogP contribution is -2.60. The first-order valence-electron chi connectivity index (χ1n) is 24.8. The number of aliphatic hydroxyl groups is 6. The number of carbonyl (C=O) groups excluding carboxylic acids is 1. The lowest BCUT2D eigenvalue weighted by Gasteiger charge is -2.40. The molecule has 0 aromatic carbocycles. The zero-order chi connectivity index (χ0) is 42.5. The number of ether oxygens (including phenoxy) is 2. The summed E-state index contributed by atoms with van der Waals surface area (Å²) in [6.45, 7) is 3.69. The first-order chi connectivity index (χ1) is 28.3. The number of rotatable bonds is 42. The van der Waals surface area contributed by atoms with Crippen LogP contribution in [0.3, 0.4) is 0 Å². The summed E-state index contributed by atoms with van der Waals surface area (Å²) in [6.07, 6.45) is 32.9. The maximum absolute atomic E-state index is 13.1. The van der Waals surface area contributed by atoms with Gasteiger partial charge in [-0.3, -0.25) is 4.79 Å². The number of carbonyl (C=O) groups is 1. The fourth-order valence-electron chi connectivity index (χ4n) is 8.23. The summed E-state index contributed by atoms with van der Waals surface area (Å²) < 4.78 is 11.2. The average molecular weight is 830 g/mol. The lowest BCUT2D eigenvalue weighted by molar-refractivity contribution is -0.302. The molecule has 1 rings (SSSR count). The van der Waals surface area contributed by atoms with Crippen LogP contribution in [0.4, 0.5) is 0 Å². The van der Waals surface area contributed by atoms with Crippen molar-refractivity contribution in [3.8, 4) is 0 Å². The van der Waals surface area contributed by atoms with E-state index < -0.39 is 61.5 Å². The summed E-state index contributed by atoms with van der Waals surface area (Å²) >= 11 is 0. The van der Waals surface area contributed by atoms with Crippen molar-refractivity contribution < 1.29 is 44.9 Å². The average Bonchev–Trinajstić information content (AvgIpc) is 3.22. The van der Waals surface area contributed by atoms with E-state index in [-0.39, 0.29) is 6.61 Å². The SMILES string of the molecule is CCCCCCCCCCCCCCCCCCCCCCC(O)C(=O)N[C@H](CO[C@H]1O[C@H](CO)[C@H](O)[C@H](O)[C@H]1O)[C@H](O)CCCCCCCCCCCCCCC. The molecule has 1 heterocycles. The van der Waals surface area contributed by atoms with E-state index in [0.29, 0.717) is 12.8 Å². The third-order valence-electron chi connectivity index (χ3n) is 12.3. The fourth-order valence-corrected chi connectivity index (χ4v) is 8.23. The summed E-state index contributed by atoms with van der Waals surface area (Å²) in [5, 5.41) is 64.9. The Balaban J connectivity index is 2.31. The zero-order valence-electron chi connectivity index (χ0n) is 37.7. The minimum atomic E-state index is -1.59. The third kappa shape index (κ3) is 28.6. The molecular weight excluding hydrogens is 735 g/mol. The maximum Gasteiger partial charge on any atom is 0.249 e. The van der Waals surface area contributed by atoms with Crippen LogP contribution < -0.4 is 5.32 Å². The molecule has 7 N–H and O–H groups in total. The number of amides is 1. The van der Waals surface area contributed by atoms with E-state index in [9.17, 15) is 35.4 Å². The second-order valence-electron chi connectivity index (χ2n) is 17.8. The fraction of sp³-hybridized carbons (Fsp3) is 0.979. The van der Waals surface area contributed by atoms with Crippen LogP contribution >= 0.6 is 0 Å². The minimum absolute atomic E-state index is 0.250. The Labute approximate surface area is 356 Å². The number of unbranched alkanes of at least 4 members (excludes halogenated alkanes) is 31. The van der Waals surface area contributed by atoms with Crippen molar-refractivity contribution in [1.82, 2.24) is 5.32 Å². The van der Waals surface area contributed by atoms with Gasteiger partial charge in [-0.05, 0) is 12.8 Å². The van der Waals surface area contributed by atoms with Crippen molar-refractivity contribution in [3.05, 3.63) is 0 Å². The second kappa shape index (κ2) is 39.0. The van der Waals surface area contributed by atoms with E-state index in [1.165, 1.54) is 167 Å². The van der Waals surface area contributed by atoms with Gasteiger partial charge < -0.3 is 45.4 Å². The Hall–Kier alpha value is -0.850. The zero-order valence-corrected chi connectivity index (χ0v) is 37.7. The third-order valence-corrected chi connectivity index (χ3v) is 12.3. The van der Waals surface area contributed by atoms with Crippen LogP contribution in [-0.4, -0.2) is 98.7 Å². The Morgan fingerprint density at radius 1 is 0.517 bits per heavy atom. The van der Waals surface area contributed by atoms with Crippen molar-refractivity contribution in [1.29, 1.82) is 0 Å². The van der Waals surface area contributed by atoms with E-state index in [0.717, 1.165) is 44.9 Å². The van der Waals surface area contributed by atoms with Crippen LogP contribution in [0.15, 0.2) is 0 Å². The molecule has 0 saturated carbocycles. The van der Waals surface area contributed by atoms with E-state index >= 15 is 0 Å². The highest BCUT2D eigenvalue weighted by molar-refractivity contribution is 5.80. The van der Waals surface area contributed by atoms with Gasteiger partial charge in [-0.15, -0.1) is 0 Å². The van der Waals surface area contributed by atoms with Gasteiger partial charge in [-0.2, -0.15) is 0 Å². The molecule has 0 aliphatic carbocycles. The monoisotopic (exact) mass is 830 g/mol. The summed E-state index contributed by atoms with van der Waals surface area (Å²) in [7, 11) is 0. The van der Waals surface area contributed by atoms with E-state index in [1.807, 2.05) is 0 Å². The molecule has 1 unspecified atom stereocenters. The molecule has 0 aromatic rings. The summed E-state index contributed by atoms with van der Waals surface area (Å²) in [5.41, 5.74) is 0. The predicted molar refractivity (Wildman–Crippen MR) is 237 cm³/mol. The van der Waals surface area contributed by atoms with Crippen molar-refractivity contribution in [3.63, 3.8) is 0 Å². The van der Waals surface area contributed by atoms with E-state index in [2.05, 4.69) is 19.2 Å². The molecule has 58 heavy (non-hydrogen) atoms. The lowest BCUT2D eigenvalue weighted by atomic mass is 9.99. The van der Waals surface area contributed by atoms with Crippen molar-refractivity contribution in [2.45, 2.75) is 288 Å². The smallest absolute Gasteiger partial charge is 0.249 e. The Bertz CT molecular complexity index is 895. The predicted octanol–water partition coefficient (Wildman–Crippen LogP) is 9.70. The molecule has 346 valence electrons. The first-order valence-corrected chi connectivity index (χ1v) is 24.8. The topological polar surface area (TPSA) is 169 Å². The van der Waals surface area contributed by atoms with Crippen LogP contribution in [0.25, 0.3) is 0 Å². The molecule has 1 amide bonds. The van der Waals surface area contributed by atoms with E-state index in [4.69, 9.17) is 9.47 Å². The molecular formula is C48H95NO9. The van der Waals surface area contributed by atoms with Gasteiger partial charge in [0, 0.05) is 0 Å². The number of aliphatic hydroxyl groups excluding tert-OH is 6. The second-order valence-corrected chi connectivity index (χ2v) is 17.8. The molecule has 0 aromatic heterocycles. The van der Waals surface area contributed by atoms with Gasteiger partial charge in [0.2, 0.25) is 5.91 Å². The van der Waals surface area contributed by atoms with Crippen LogP contribution in [0.5, 0.6) is 0 Å². The minimum Gasteiger partial charge on any atom is -0.394 e. The molecule has 0 radical (unpaired) electrons. The highest BCUT2D eigenvalue weighted by Gasteiger charge is 2.44. The van der Waals surface area contributed by atoms with Gasteiger partial charge >= 0.3 is 0 Å². The standard InChI is InChI=1S/C48H95NO9/c1-3-5-7-9-11-13-15-17-18-19-20-21-22-23-25-27-29-31-33-35-37-42(52)47(56)49-40(39-57-48-46(55)45(54)44(53)43(38-50)58-48)41(51)36-34-32-30-28-26-24-16-14-12-10-8-6-4-2/h40-46,48,50-55H,3-39H2,1-2H3,(H,49,56)/t40-,41-,42?,43-,44+,45+,46-,48+/m1/s1. The molecule has 1 aliphatic rings. The van der Waals surface area contributed by atoms with Gasteiger partial charge in [-0.1, -0.05) is 226 Å². The maximum atomic E-state index is 13.1. The van der Waals surface area contributed by atoms with Crippen LogP contribution in [-0.2, 0) is 14.3 Å². The summed E-state index contributed by atoms with van der Waals surface area (Å²) in [5.74, 6) is -0.579. The molecule has 10 nitrogen and oxygen atoms in total. The molecule has 10 heteroatoms. The Morgan fingerprint density at radius 2 is 0.862 bits per heavy atom. The quantitative estimate of drug-likeness (QED) is 0.0296. The highest BCUT2D eigenvalue weighted by atomic mass is 16.7. The largest absolute Gasteiger partial charge is 0.394 e.